The van der Waals surface area contributed by atoms with E-state index >= 15 is 0 Å². The molecular formula is C18H22ClFN2O2. The van der Waals surface area contributed by atoms with Crippen molar-refractivity contribution in [3.63, 3.8) is 0 Å². The van der Waals surface area contributed by atoms with Crippen molar-refractivity contribution >= 4 is 29.3 Å². The predicted octanol–water partition coefficient (Wildman–Crippen LogP) is 3.68. The Morgan fingerprint density at radius 2 is 1.96 bits per heavy atom. The highest BCUT2D eigenvalue weighted by atomic mass is 35.5. The summed E-state index contributed by atoms with van der Waals surface area (Å²) in [4.78, 5) is 18.0. The summed E-state index contributed by atoms with van der Waals surface area (Å²) in [6.45, 7) is 5.48. The lowest BCUT2D eigenvalue weighted by Crippen LogP contribution is -2.50. The largest absolute Gasteiger partial charge is 0.461 e. The number of aromatic amines is 1. The first-order valence-corrected chi connectivity index (χ1v) is 8.24. The van der Waals surface area contributed by atoms with E-state index in [9.17, 15) is 9.18 Å². The Balaban J connectivity index is 0.00000169. The number of ether oxygens (including phenoxy) is 1. The minimum absolute atomic E-state index is 0. The average Bonchev–Trinajstić information content (AvgIpc) is 3.03. The van der Waals surface area contributed by atoms with Crippen LogP contribution in [0.3, 0.4) is 0 Å². The van der Waals surface area contributed by atoms with Gasteiger partial charge in [-0.2, -0.15) is 0 Å². The summed E-state index contributed by atoms with van der Waals surface area (Å²) >= 11 is 0. The van der Waals surface area contributed by atoms with E-state index in [1.807, 2.05) is 0 Å². The van der Waals surface area contributed by atoms with Gasteiger partial charge in [-0.1, -0.05) is 0 Å². The normalized spacial score (nSPS) is 25.5. The molecule has 2 aromatic rings. The standard InChI is InChI=1S/C18H21FN2O2.ClH/c1-12-14(19)2-3-15-16(12)13(10-20-15)17(22)23-11-18-4-7-21(8-5-18)9-6-18;/h2-3,10,20H,4-9,11H2,1H3;1H. The second kappa shape index (κ2) is 6.37. The zero-order chi connectivity index (χ0) is 16.0. The third-order valence-electron chi connectivity index (χ3n) is 5.64. The summed E-state index contributed by atoms with van der Waals surface area (Å²) in [5.74, 6) is -0.656. The molecule has 6 heteroatoms. The fourth-order valence-electron chi connectivity index (χ4n) is 3.95. The Morgan fingerprint density at radius 1 is 1.29 bits per heavy atom. The molecule has 0 aliphatic carbocycles. The highest BCUT2D eigenvalue weighted by molar-refractivity contribution is 6.05. The molecule has 3 aliphatic heterocycles. The smallest absolute Gasteiger partial charge is 0.340 e. The fraction of sp³-hybridized carbons (Fsp3) is 0.500. The van der Waals surface area contributed by atoms with E-state index in [2.05, 4.69) is 9.88 Å². The summed E-state index contributed by atoms with van der Waals surface area (Å²) in [7, 11) is 0. The molecule has 0 radical (unpaired) electrons. The molecule has 130 valence electrons. The molecule has 0 atom stereocenters. The number of aryl methyl sites for hydroxylation is 1. The van der Waals surface area contributed by atoms with Crippen LogP contribution in [0.4, 0.5) is 4.39 Å². The van der Waals surface area contributed by atoms with E-state index in [4.69, 9.17) is 4.74 Å². The first-order chi connectivity index (χ1) is 11.1. The highest BCUT2D eigenvalue weighted by Gasteiger charge is 2.40. The van der Waals surface area contributed by atoms with Crippen molar-refractivity contribution in [3.8, 4) is 0 Å². The second-order valence-electron chi connectivity index (χ2n) is 6.97. The van der Waals surface area contributed by atoms with Crippen molar-refractivity contribution in [2.75, 3.05) is 26.2 Å². The second-order valence-corrected chi connectivity index (χ2v) is 6.97. The molecule has 1 aromatic carbocycles. The van der Waals surface area contributed by atoms with Gasteiger partial charge in [-0.3, -0.25) is 0 Å². The van der Waals surface area contributed by atoms with Crippen LogP contribution in [0.5, 0.6) is 0 Å². The monoisotopic (exact) mass is 352 g/mol. The van der Waals surface area contributed by atoms with Crippen molar-refractivity contribution in [2.45, 2.75) is 26.2 Å². The number of esters is 1. The lowest BCUT2D eigenvalue weighted by molar-refractivity contribution is -0.0304. The maximum absolute atomic E-state index is 13.8. The molecule has 0 spiro atoms. The van der Waals surface area contributed by atoms with Gasteiger partial charge in [0.2, 0.25) is 0 Å². The van der Waals surface area contributed by atoms with E-state index in [0.29, 0.717) is 23.1 Å². The first kappa shape index (κ1) is 17.2. The van der Waals surface area contributed by atoms with E-state index in [0.717, 1.165) is 44.4 Å². The van der Waals surface area contributed by atoms with Crippen LogP contribution in [-0.4, -0.2) is 42.1 Å². The summed E-state index contributed by atoms with van der Waals surface area (Å²) in [5, 5.41) is 0.631. The van der Waals surface area contributed by atoms with Crippen LogP contribution in [0.2, 0.25) is 0 Å². The maximum atomic E-state index is 13.8. The van der Waals surface area contributed by atoms with Gasteiger partial charge >= 0.3 is 5.97 Å². The Labute approximate surface area is 146 Å². The van der Waals surface area contributed by atoms with Crippen molar-refractivity contribution in [1.82, 2.24) is 9.88 Å². The van der Waals surface area contributed by atoms with Crippen LogP contribution in [-0.2, 0) is 4.74 Å². The van der Waals surface area contributed by atoms with Gasteiger partial charge in [-0.15, -0.1) is 12.4 Å². The molecule has 5 rings (SSSR count). The zero-order valence-electron chi connectivity index (χ0n) is 13.7. The van der Waals surface area contributed by atoms with Crippen LogP contribution >= 0.6 is 12.4 Å². The Kier molecular flexibility index (Phi) is 4.58. The van der Waals surface area contributed by atoms with Crippen LogP contribution in [0.1, 0.15) is 35.2 Å². The predicted molar refractivity (Wildman–Crippen MR) is 93.2 cm³/mol. The number of aromatic nitrogens is 1. The van der Waals surface area contributed by atoms with Gasteiger partial charge in [0.1, 0.15) is 5.82 Å². The van der Waals surface area contributed by atoms with Crippen LogP contribution in [0.15, 0.2) is 18.3 Å². The summed E-state index contributed by atoms with van der Waals surface area (Å²) < 4.78 is 19.4. The molecule has 0 amide bonds. The average molecular weight is 353 g/mol. The van der Waals surface area contributed by atoms with Crippen LogP contribution in [0, 0.1) is 18.2 Å². The van der Waals surface area contributed by atoms with Gasteiger partial charge in [0.15, 0.2) is 0 Å². The number of hydrogen-bond acceptors (Lipinski definition) is 3. The van der Waals surface area contributed by atoms with Crippen molar-refractivity contribution in [3.05, 3.63) is 35.3 Å². The van der Waals surface area contributed by atoms with Gasteiger partial charge in [-0.05, 0) is 63.5 Å². The SMILES string of the molecule is Cc1c(F)ccc2[nH]cc(C(=O)OCC34CCN(CC3)CC4)c12.Cl. The molecule has 1 aromatic heterocycles. The van der Waals surface area contributed by atoms with Gasteiger partial charge in [0, 0.05) is 22.5 Å². The number of halogens is 2. The number of piperidine rings is 3. The summed E-state index contributed by atoms with van der Waals surface area (Å²) in [5.41, 5.74) is 1.83. The molecular weight excluding hydrogens is 331 g/mol. The third kappa shape index (κ3) is 2.80. The molecule has 24 heavy (non-hydrogen) atoms. The van der Waals surface area contributed by atoms with E-state index in [1.54, 1.807) is 19.2 Å². The maximum Gasteiger partial charge on any atom is 0.340 e. The number of fused-ring (bicyclic) bond motifs is 4. The first-order valence-electron chi connectivity index (χ1n) is 8.24. The Morgan fingerprint density at radius 3 is 2.62 bits per heavy atom. The molecule has 0 saturated carbocycles. The number of nitrogens with one attached hydrogen (secondary N) is 1. The minimum Gasteiger partial charge on any atom is -0.461 e. The van der Waals surface area contributed by atoms with Crippen LogP contribution in [0.25, 0.3) is 10.9 Å². The molecule has 4 nitrogen and oxygen atoms in total. The highest BCUT2D eigenvalue weighted by Crippen LogP contribution is 2.40. The van der Waals surface area contributed by atoms with Gasteiger partial charge < -0.3 is 14.6 Å². The molecule has 3 fully saturated rings. The lowest BCUT2D eigenvalue weighted by atomic mass is 9.73. The number of hydrogen-bond donors (Lipinski definition) is 1. The number of carbonyl (C=O) groups excluding carboxylic acids is 1. The number of carbonyl (C=O) groups is 1. The van der Waals surface area contributed by atoms with Gasteiger partial charge in [-0.25, -0.2) is 9.18 Å². The van der Waals surface area contributed by atoms with Crippen molar-refractivity contribution < 1.29 is 13.9 Å². The number of rotatable bonds is 3. The minimum atomic E-state index is -0.354. The molecule has 4 heterocycles. The van der Waals surface area contributed by atoms with Gasteiger partial charge in [0.05, 0.1) is 12.2 Å². The Hall–Kier alpha value is -1.59. The zero-order valence-corrected chi connectivity index (χ0v) is 14.5. The quantitative estimate of drug-likeness (QED) is 0.857. The lowest BCUT2D eigenvalue weighted by Gasteiger charge is -2.47. The molecule has 3 aliphatic rings. The van der Waals surface area contributed by atoms with E-state index in [-0.39, 0.29) is 29.6 Å². The molecule has 0 unspecified atom stereocenters. The molecule has 2 bridgehead atoms. The number of H-pyrrole nitrogens is 1. The van der Waals surface area contributed by atoms with Crippen molar-refractivity contribution in [1.29, 1.82) is 0 Å². The third-order valence-corrected chi connectivity index (χ3v) is 5.64. The Bertz CT molecular complexity index is 752. The topological polar surface area (TPSA) is 45.3 Å². The van der Waals surface area contributed by atoms with Gasteiger partial charge in [0.25, 0.3) is 0 Å². The fourth-order valence-corrected chi connectivity index (χ4v) is 3.95. The van der Waals surface area contributed by atoms with E-state index < -0.39 is 0 Å². The van der Waals surface area contributed by atoms with Crippen LogP contribution < -0.4 is 0 Å². The number of benzene rings is 1. The number of nitrogens with zero attached hydrogens (tertiary/aromatic N) is 1. The van der Waals surface area contributed by atoms with Crippen molar-refractivity contribution in [2.24, 2.45) is 5.41 Å². The molecule has 3 saturated heterocycles. The summed E-state index contributed by atoms with van der Waals surface area (Å²) in [6, 6.07) is 3.07. The summed E-state index contributed by atoms with van der Waals surface area (Å²) in [6.07, 6.45) is 4.92. The molecule has 1 N–H and O–H groups in total. The van der Waals surface area contributed by atoms with E-state index in [1.165, 1.54) is 6.07 Å².